The Balaban J connectivity index is 1.72. The van der Waals surface area contributed by atoms with Crippen LogP contribution in [0.15, 0.2) is 18.2 Å². The van der Waals surface area contributed by atoms with Crippen molar-refractivity contribution in [1.82, 2.24) is 10.2 Å². The van der Waals surface area contributed by atoms with Crippen LogP contribution in [0.25, 0.3) is 0 Å². The van der Waals surface area contributed by atoms with Crippen LogP contribution >= 0.6 is 0 Å². The van der Waals surface area contributed by atoms with Crippen LogP contribution < -0.4 is 5.32 Å². The molecule has 1 aromatic carbocycles. The molecule has 3 rings (SSSR count). The topological polar surface area (TPSA) is 32.3 Å². The fraction of sp³-hybridized carbons (Fsp3) is 0.588. The Morgan fingerprint density at radius 1 is 1.41 bits per heavy atom. The summed E-state index contributed by atoms with van der Waals surface area (Å²) in [6.07, 6.45) is 4.01. The number of amides is 1. The van der Waals surface area contributed by atoms with Gasteiger partial charge in [0.05, 0.1) is 0 Å². The molecule has 2 fully saturated rings. The normalized spacial score (nSPS) is 28.4. The molecule has 1 aromatic rings. The Kier molecular flexibility index (Phi) is 4.17. The second kappa shape index (κ2) is 5.95. The van der Waals surface area contributed by atoms with Crippen molar-refractivity contribution >= 4 is 5.91 Å². The van der Waals surface area contributed by atoms with Gasteiger partial charge in [-0.05, 0) is 49.4 Å². The summed E-state index contributed by atoms with van der Waals surface area (Å²) in [6, 6.07) is 3.59. The van der Waals surface area contributed by atoms with Crippen molar-refractivity contribution < 1.29 is 13.6 Å². The van der Waals surface area contributed by atoms with E-state index in [0.29, 0.717) is 12.1 Å². The van der Waals surface area contributed by atoms with Gasteiger partial charge < -0.3 is 5.32 Å². The molecule has 1 aliphatic heterocycles. The number of nitrogens with one attached hydrogen (secondary N) is 1. The molecule has 0 aromatic heterocycles. The van der Waals surface area contributed by atoms with Crippen LogP contribution in [-0.2, 0) is 11.3 Å². The van der Waals surface area contributed by atoms with Gasteiger partial charge in [-0.15, -0.1) is 0 Å². The lowest BCUT2D eigenvalue weighted by Crippen LogP contribution is -2.39. The molecule has 3 nitrogen and oxygen atoms in total. The van der Waals surface area contributed by atoms with E-state index < -0.39 is 5.82 Å². The first kappa shape index (κ1) is 15.4. The molecule has 1 heterocycles. The molecule has 2 unspecified atom stereocenters. The minimum atomic E-state index is -0.408. The van der Waals surface area contributed by atoms with E-state index in [9.17, 15) is 13.6 Å². The molecule has 1 amide bonds. The Morgan fingerprint density at radius 2 is 2.23 bits per heavy atom. The largest absolute Gasteiger partial charge is 0.359 e. The highest BCUT2D eigenvalue weighted by molar-refractivity contribution is 5.79. The highest BCUT2D eigenvalue weighted by Crippen LogP contribution is 2.50. The molecule has 1 N–H and O–H groups in total. The molecule has 120 valence electrons. The second-order valence-electron chi connectivity index (χ2n) is 6.62. The molecule has 2 aliphatic rings. The number of benzene rings is 1. The number of nitrogens with zero attached hydrogens (tertiary/aromatic N) is 1. The molecule has 0 bridgehead atoms. The number of likely N-dealkylation sites (tertiary alicyclic amines) is 1. The predicted molar refractivity (Wildman–Crippen MR) is 80.1 cm³/mol. The molecule has 0 radical (unpaired) electrons. The van der Waals surface area contributed by atoms with Gasteiger partial charge in [0.2, 0.25) is 5.91 Å². The first-order valence-corrected chi connectivity index (χ1v) is 7.92. The van der Waals surface area contributed by atoms with Gasteiger partial charge in [0.15, 0.2) is 0 Å². The third kappa shape index (κ3) is 2.74. The summed E-state index contributed by atoms with van der Waals surface area (Å²) < 4.78 is 27.1. The molecule has 1 aliphatic carbocycles. The zero-order valence-corrected chi connectivity index (χ0v) is 12.9. The van der Waals surface area contributed by atoms with Gasteiger partial charge >= 0.3 is 0 Å². The SMILES string of the molecule is CNC(=O)C1CCCC12CCN(Cc1cc(F)ccc1F)C2. The predicted octanol–water partition coefficient (Wildman–Crippen LogP) is 2.70. The van der Waals surface area contributed by atoms with Crippen LogP contribution in [0.1, 0.15) is 31.2 Å². The fourth-order valence-corrected chi connectivity index (χ4v) is 4.24. The van der Waals surface area contributed by atoms with Crippen LogP contribution in [0.4, 0.5) is 8.78 Å². The van der Waals surface area contributed by atoms with Gasteiger partial charge in [-0.2, -0.15) is 0 Å². The number of rotatable bonds is 3. The Bertz CT molecular complexity index is 578. The van der Waals surface area contributed by atoms with Gasteiger partial charge in [0.25, 0.3) is 0 Å². The summed E-state index contributed by atoms with van der Waals surface area (Å²) in [5, 5.41) is 2.77. The number of halogens is 2. The molecule has 5 heteroatoms. The van der Waals surface area contributed by atoms with E-state index in [0.717, 1.165) is 44.8 Å². The van der Waals surface area contributed by atoms with Crippen molar-refractivity contribution in [1.29, 1.82) is 0 Å². The van der Waals surface area contributed by atoms with E-state index >= 15 is 0 Å². The minimum absolute atomic E-state index is 0.0178. The summed E-state index contributed by atoms with van der Waals surface area (Å²) in [5.41, 5.74) is 0.413. The number of carbonyl (C=O) groups is 1. The van der Waals surface area contributed by atoms with Crippen molar-refractivity contribution in [2.45, 2.75) is 32.2 Å². The molecule has 1 saturated heterocycles. The zero-order valence-electron chi connectivity index (χ0n) is 12.9. The molecule has 2 atom stereocenters. The summed E-state index contributed by atoms with van der Waals surface area (Å²) in [5.74, 6) is -0.595. The lowest BCUT2D eigenvalue weighted by molar-refractivity contribution is -0.127. The Morgan fingerprint density at radius 3 is 3.00 bits per heavy atom. The number of hydrogen-bond donors (Lipinski definition) is 1. The van der Waals surface area contributed by atoms with E-state index in [1.807, 2.05) is 0 Å². The van der Waals surface area contributed by atoms with E-state index in [2.05, 4.69) is 10.2 Å². The Labute approximate surface area is 129 Å². The molecular weight excluding hydrogens is 286 g/mol. The van der Waals surface area contributed by atoms with E-state index in [1.165, 1.54) is 12.1 Å². The fourth-order valence-electron chi connectivity index (χ4n) is 4.24. The maximum absolute atomic E-state index is 13.8. The molecule has 22 heavy (non-hydrogen) atoms. The first-order chi connectivity index (χ1) is 10.5. The summed E-state index contributed by atoms with van der Waals surface area (Å²) in [7, 11) is 1.68. The van der Waals surface area contributed by atoms with E-state index in [4.69, 9.17) is 0 Å². The number of carbonyl (C=O) groups excluding carboxylic acids is 1. The summed E-state index contributed by atoms with van der Waals surface area (Å²) in [4.78, 5) is 14.3. The summed E-state index contributed by atoms with van der Waals surface area (Å²) in [6.45, 7) is 2.04. The standard InChI is InChI=1S/C17H22F2N2O/c1-20-16(22)14-3-2-6-17(14)7-8-21(11-17)10-12-9-13(18)4-5-15(12)19/h4-5,9,14H,2-3,6-8,10-11H2,1H3,(H,20,22). The molecular formula is C17H22F2N2O. The van der Waals surface area contributed by atoms with Crippen LogP contribution in [0.2, 0.25) is 0 Å². The van der Waals surface area contributed by atoms with E-state index in [1.54, 1.807) is 7.05 Å². The maximum Gasteiger partial charge on any atom is 0.223 e. The van der Waals surface area contributed by atoms with E-state index in [-0.39, 0.29) is 23.1 Å². The van der Waals surface area contributed by atoms with Crippen LogP contribution in [0.5, 0.6) is 0 Å². The quantitative estimate of drug-likeness (QED) is 0.931. The van der Waals surface area contributed by atoms with Gasteiger partial charge in [0, 0.05) is 31.6 Å². The summed E-state index contributed by atoms with van der Waals surface area (Å²) >= 11 is 0. The second-order valence-corrected chi connectivity index (χ2v) is 6.62. The lowest BCUT2D eigenvalue weighted by atomic mass is 9.76. The Hall–Kier alpha value is -1.49. The average Bonchev–Trinajstić information content (AvgIpc) is 3.10. The van der Waals surface area contributed by atoms with Crippen molar-refractivity contribution in [3.63, 3.8) is 0 Å². The van der Waals surface area contributed by atoms with Crippen molar-refractivity contribution in [2.75, 3.05) is 20.1 Å². The van der Waals surface area contributed by atoms with Crippen molar-refractivity contribution in [3.8, 4) is 0 Å². The highest BCUT2D eigenvalue weighted by Gasteiger charge is 2.49. The third-order valence-electron chi connectivity index (χ3n) is 5.34. The smallest absolute Gasteiger partial charge is 0.223 e. The van der Waals surface area contributed by atoms with Gasteiger partial charge in [-0.1, -0.05) is 6.42 Å². The zero-order chi connectivity index (χ0) is 15.7. The van der Waals surface area contributed by atoms with Crippen LogP contribution in [-0.4, -0.2) is 30.9 Å². The lowest BCUT2D eigenvalue weighted by Gasteiger charge is -2.30. The first-order valence-electron chi connectivity index (χ1n) is 7.92. The monoisotopic (exact) mass is 308 g/mol. The highest BCUT2D eigenvalue weighted by atomic mass is 19.1. The van der Waals surface area contributed by atoms with Gasteiger partial charge in [0.1, 0.15) is 11.6 Å². The number of hydrogen-bond acceptors (Lipinski definition) is 2. The molecule has 1 saturated carbocycles. The maximum atomic E-state index is 13.8. The van der Waals surface area contributed by atoms with Gasteiger partial charge in [-0.3, -0.25) is 9.69 Å². The van der Waals surface area contributed by atoms with Crippen molar-refractivity contribution in [3.05, 3.63) is 35.4 Å². The van der Waals surface area contributed by atoms with Gasteiger partial charge in [-0.25, -0.2) is 8.78 Å². The van der Waals surface area contributed by atoms with Crippen molar-refractivity contribution in [2.24, 2.45) is 11.3 Å². The van der Waals surface area contributed by atoms with Crippen LogP contribution in [0, 0.1) is 23.0 Å². The third-order valence-corrected chi connectivity index (χ3v) is 5.34. The molecule has 1 spiro atoms. The minimum Gasteiger partial charge on any atom is -0.359 e. The average molecular weight is 308 g/mol. The van der Waals surface area contributed by atoms with Crippen LogP contribution in [0.3, 0.4) is 0 Å².